The Morgan fingerprint density at radius 1 is 0.697 bits per heavy atom. The third-order valence-electron chi connectivity index (χ3n) is 11.4. The molecule has 33 heavy (non-hydrogen) atoms. The van der Waals surface area contributed by atoms with Gasteiger partial charge in [-0.15, -0.1) is 0 Å². The van der Waals surface area contributed by atoms with Crippen molar-refractivity contribution in [2.24, 2.45) is 35.5 Å². The molecule has 0 aromatic heterocycles. The van der Waals surface area contributed by atoms with Crippen LogP contribution in [0.2, 0.25) is 0 Å². The fraction of sp³-hybridized carbons (Fsp3) is 0.800. The van der Waals surface area contributed by atoms with Gasteiger partial charge in [0.25, 0.3) is 0 Å². The molecule has 0 amide bonds. The molecule has 1 aliphatic heterocycles. The lowest BCUT2D eigenvalue weighted by Gasteiger charge is -2.67. The summed E-state index contributed by atoms with van der Waals surface area (Å²) in [6.45, 7) is 2.88. The summed E-state index contributed by atoms with van der Waals surface area (Å²) in [5, 5.41) is 6.76. The Kier molecular flexibility index (Phi) is 4.73. The van der Waals surface area contributed by atoms with Crippen LogP contribution in [0, 0.1) is 35.5 Å². The molecule has 8 saturated carbocycles. The van der Waals surface area contributed by atoms with Gasteiger partial charge in [0.2, 0.25) is 0 Å². The number of hydrogen-bond donors (Lipinski definition) is 1. The van der Waals surface area contributed by atoms with Gasteiger partial charge in [0.05, 0.1) is 12.7 Å². The Hall–Kier alpha value is -0.430. The summed E-state index contributed by atoms with van der Waals surface area (Å²) in [6, 6.07) is 9.80. The average Bonchev–Trinajstić information content (AvgIpc) is 2.78. The molecule has 2 nitrogen and oxygen atoms in total. The van der Waals surface area contributed by atoms with E-state index in [-0.39, 0.29) is 14.0 Å². The van der Waals surface area contributed by atoms with Gasteiger partial charge in [0, 0.05) is 13.1 Å². The van der Waals surface area contributed by atoms with Crippen LogP contribution < -0.4 is 10.6 Å². The van der Waals surface area contributed by atoms with Crippen molar-refractivity contribution in [1.82, 2.24) is 5.32 Å². The summed E-state index contributed by atoms with van der Waals surface area (Å²) in [7, 11) is -0.157. The predicted octanol–water partition coefficient (Wildman–Crippen LogP) is 6.39. The lowest BCUT2D eigenvalue weighted by molar-refractivity contribution is 0.0190. The Bertz CT molecular complexity index is 805. The molecule has 1 atom stereocenters. The Balaban J connectivity index is 1.29. The summed E-state index contributed by atoms with van der Waals surface area (Å²) in [5.74, 6) is 6.31. The van der Waals surface area contributed by atoms with Crippen LogP contribution in [0.3, 0.4) is 0 Å². The fourth-order valence-electron chi connectivity index (χ4n) is 11.4. The first-order chi connectivity index (χ1) is 16.2. The van der Waals surface area contributed by atoms with Crippen molar-refractivity contribution >= 4 is 13.2 Å². The van der Waals surface area contributed by atoms with E-state index in [1.54, 1.807) is 82.6 Å². The summed E-state index contributed by atoms with van der Waals surface area (Å²) in [4.78, 5) is 0. The Morgan fingerprint density at radius 2 is 1.18 bits per heavy atom. The van der Waals surface area contributed by atoms with E-state index in [9.17, 15) is 0 Å². The van der Waals surface area contributed by atoms with Crippen LogP contribution in [-0.4, -0.2) is 30.0 Å². The second-order valence-electron chi connectivity index (χ2n) is 13.7. The first-order valence-corrected chi connectivity index (χ1v) is 15.7. The third-order valence-corrected chi connectivity index (χ3v) is 15.3. The highest BCUT2D eigenvalue weighted by Gasteiger charge is 2.63. The van der Waals surface area contributed by atoms with Crippen LogP contribution in [0.15, 0.2) is 24.3 Å². The van der Waals surface area contributed by atoms with Crippen molar-refractivity contribution in [3.8, 4) is 0 Å². The summed E-state index contributed by atoms with van der Waals surface area (Å²) >= 11 is 0. The number of hydrogen-bond acceptors (Lipinski definition) is 2. The van der Waals surface area contributed by atoms with E-state index in [0.29, 0.717) is 10.3 Å². The van der Waals surface area contributed by atoms with Crippen LogP contribution in [-0.2, 0) is 4.74 Å². The standard InChI is InChI=1S/C30H42NOP/c1-2-4-28(26(3-1)27-19-31-5-6-32-27)33(29-13-20-7-21(14-29)9-22(8-20)15-29)30-16-23-10-24(17-30)12-25(11-23)18-30/h1-4,20-25,27,31H,5-19H2. The maximum absolute atomic E-state index is 6.44. The molecule has 8 bridgehead atoms. The van der Waals surface area contributed by atoms with Gasteiger partial charge in [-0.1, -0.05) is 32.2 Å². The molecular formula is C30H42NOP. The second kappa shape index (κ2) is 7.54. The van der Waals surface area contributed by atoms with Crippen LogP contribution in [0.25, 0.3) is 0 Å². The summed E-state index contributed by atoms with van der Waals surface area (Å²) in [6.07, 6.45) is 19.1. The topological polar surface area (TPSA) is 21.3 Å². The molecule has 178 valence electrons. The van der Waals surface area contributed by atoms with Crippen LogP contribution >= 0.6 is 7.92 Å². The minimum Gasteiger partial charge on any atom is -0.371 e. The van der Waals surface area contributed by atoms with E-state index in [0.717, 1.165) is 55.2 Å². The highest BCUT2D eigenvalue weighted by Crippen LogP contribution is 2.78. The minimum atomic E-state index is -0.157. The van der Waals surface area contributed by atoms with Gasteiger partial charge in [-0.05, 0) is 134 Å². The Morgan fingerprint density at radius 3 is 1.64 bits per heavy atom. The van der Waals surface area contributed by atoms with Crippen LogP contribution in [0.1, 0.15) is 88.7 Å². The molecule has 3 heteroatoms. The van der Waals surface area contributed by atoms with E-state index in [2.05, 4.69) is 29.6 Å². The molecule has 0 spiro atoms. The number of ether oxygens (including phenoxy) is 1. The van der Waals surface area contributed by atoms with Crippen LogP contribution in [0.5, 0.6) is 0 Å². The number of benzene rings is 1. The molecule has 10 rings (SSSR count). The highest BCUT2D eigenvalue weighted by molar-refractivity contribution is 7.68. The number of morpholine rings is 1. The van der Waals surface area contributed by atoms with Gasteiger partial charge in [-0.3, -0.25) is 0 Å². The molecule has 9 aliphatic rings. The summed E-state index contributed by atoms with van der Waals surface area (Å²) in [5.41, 5.74) is 1.59. The van der Waals surface area contributed by atoms with E-state index >= 15 is 0 Å². The lowest BCUT2D eigenvalue weighted by atomic mass is 9.55. The maximum atomic E-state index is 6.44. The van der Waals surface area contributed by atoms with E-state index in [4.69, 9.17) is 4.74 Å². The third kappa shape index (κ3) is 3.22. The smallest absolute Gasteiger partial charge is 0.0956 e. The average molecular weight is 464 g/mol. The van der Waals surface area contributed by atoms with Gasteiger partial charge in [-0.2, -0.15) is 0 Å². The molecular weight excluding hydrogens is 421 g/mol. The molecule has 8 aliphatic carbocycles. The zero-order valence-electron chi connectivity index (χ0n) is 20.3. The van der Waals surface area contributed by atoms with Crippen molar-refractivity contribution in [2.45, 2.75) is 93.5 Å². The molecule has 1 aromatic rings. The van der Waals surface area contributed by atoms with E-state index < -0.39 is 0 Å². The van der Waals surface area contributed by atoms with Gasteiger partial charge in [0.1, 0.15) is 0 Å². The predicted molar refractivity (Wildman–Crippen MR) is 136 cm³/mol. The molecule has 1 unspecified atom stereocenters. The van der Waals surface area contributed by atoms with Crippen molar-refractivity contribution < 1.29 is 4.74 Å². The summed E-state index contributed by atoms with van der Waals surface area (Å²) < 4.78 is 6.44. The zero-order valence-corrected chi connectivity index (χ0v) is 21.2. The second-order valence-corrected chi connectivity index (χ2v) is 16.8. The van der Waals surface area contributed by atoms with Crippen molar-refractivity contribution in [3.05, 3.63) is 29.8 Å². The minimum absolute atomic E-state index is 0.157. The van der Waals surface area contributed by atoms with Gasteiger partial charge in [0.15, 0.2) is 0 Å². The van der Waals surface area contributed by atoms with Crippen molar-refractivity contribution in [1.29, 1.82) is 0 Å². The van der Waals surface area contributed by atoms with Gasteiger partial charge < -0.3 is 10.1 Å². The monoisotopic (exact) mass is 463 g/mol. The largest absolute Gasteiger partial charge is 0.371 e. The number of nitrogens with one attached hydrogen (secondary N) is 1. The lowest BCUT2D eigenvalue weighted by Crippen LogP contribution is -2.58. The molecule has 1 N–H and O–H groups in total. The zero-order chi connectivity index (χ0) is 21.6. The highest BCUT2D eigenvalue weighted by atomic mass is 31.1. The molecule has 1 saturated heterocycles. The number of rotatable bonds is 4. The van der Waals surface area contributed by atoms with Crippen molar-refractivity contribution in [3.63, 3.8) is 0 Å². The first-order valence-electron chi connectivity index (χ1n) is 14.4. The van der Waals surface area contributed by atoms with Crippen LogP contribution in [0.4, 0.5) is 0 Å². The normalized spacial score (nSPS) is 50.6. The van der Waals surface area contributed by atoms with E-state index in [1.807, 2.05) is 5.30 Å². The maximum Gasteiger partial charge on any atom is 0.0956 e. The van der Waals surface area contributed by atoms with E-state index in [1.165, 1.54) is 0 Å². The molecule has 0 radical (unpaired) electrons. The molecule has 1 aromatic carbocycles. The quantitative estimate of drug-likeness (QED) is 0.522. The molecule has 1 heterocycles. The molecule has 9 fully saturated rings. The SMILES string of the molecule is c1ccc(P(C23CC4CC(CC(C4)C2)C3)C23CC4CC(CC(C4)C2)C3)c(C2CNCCO2)c1. The van der Waals surface area contributed by atoms with Gasteiger partial charge in [-0.25, -0.2) is 0 Å². The fourth-order valence-corrected chi connectivity index (χ4v) is 16.8. The first kappa shape index (κ1) is 20.7. The Labute approximate surface area is 201 Å². The van der Waals surface area contributed by atoms with Crippen molar-refractivity contribution in [2.75, 3.05) is 19.7 Å². The van der Waals surface area contributed by atoms with Gasteiger partial charge >= 0.3 is 0 Å².